The first-order chi connectivity index (χ1) is 30.6. The van der Waals surface area contributed by atoms with Crippen LogP contribution in [0.25, 0.3) is 0 Å². The molecule has 0 aromatic heterocycles. The minimum absolute atomic E-state index is 0.179. The molecule has 16 nitrogen and oxygen atoms in total. The molecule has 0 aliphatic carbocycles. The van der Waals surface area contributed by atoms with Gasteiger partial charge >= 0.3 is 26.5 Å². The Morgan fingerprint density at radius 3 is 1.66 bits per heavy atom. The number of carbonyl (C=O) groups is 2. The molecule has 372 valence electrons. The number of esters is 1. The van der Waals surface area contributed by atoms with Crippen molar-refractivity contribution < 1.29 is 68.5 Å². The molecule has 1 aromatic carbocycles. The second-order valence-corrected chi connectivity index (χ2v) is 19.7. The fourth-order valence-electron chi connectivity index (χ4n) is 7.77. The molecular weight excluding hydrogens is 871 g/mol. The van der Waals surface area contributed by atoms with Gasteiger partial charge in [-0.25, -0.2) is 4.18 Å². The smallest absolute Gasteiger partial charge is 0.397 e. The minimum Gasteiger partial charge on any atom is -0.490 e. The highest BCUT2D eigenvalue weighted by atomic mass is 32.3. The topological polar surface area (TPSA) is 231 Å². The average molecular weight is 952 g/mol. The lowest BCUT2D eigenvalue weighted by Crippen LogP contribution is -2.74. The normalized spacial score (nSPS) is 20.2. The van der Waals surface area contributed by atoms with Crippen LogP contribution in [-0.2, 0) is 54.9 Å². The largest absolute Gasteiger partial charge is 0.490 e. The van der Waals surface area contributed by atoms with E-state index in [4.69, 9.17) is 23.7 Å². The van der Waals surface area contributed by atoms with Crippen LogP contribution in [0, 0.1) is 0 Å². The molecule has 1 aliphatic heterocycles. The van der Waals surface area contributed by atoms with Crippen molar-refractivity contribution in [3.63, 3.8) is 0 Å². The van der Waals surface area contributed by atoms with Crippen molar-refractivity contribution in [1.82, 2.24) is 5.32 Å². The molecule has 0 radical (unpaired) electrons. The van der Waals surface area contributed by atoms with E-state index in [0.717, 1.165) is 83.3 Å². The van der Waals surface area contributed by atoms with Gasteiger partial charge in [0.1, 0.15) is 12.1 Å². The van der Waals surface area contributed by atoms with Crippen LogP contribution < -0.4 is 14.8 Å². The second kappa shape index (κ2) is 32.2. The monoisotopic (exact) mass is 952 g/mol. The first-order valence-electron chi connectivity index (χ1n) is 24.0. The van der Waals surface area contributed by atoms with E-state index in [-0.39, 0.29) is 19.3 Å². The molecule has 0 spiro atoms. The van der Waals surface area contributed by atoms with Crippen LogP contribution in [0.1, 0.15) is 187 Å². The van der Waals surface area contributed by atoms with Crippen molar-refractivity contribution in [2.24, 2.45) is 0 Å². The fourth-order valence-corrected chi connectivity index (χ4v) is 9.01. The highest BCUT2D eigenvalue weighted by molar-refractivity contribution is 7.87. The first kappa shape index (κ1) is 57.5. The van der Waals surface area contributed by atoms with E-state index in [9.17, 15) is 40.6 Å². The van der Waals surface area contributed by atoms with Crippen LogP contribution in [0.5, 0.6) is 11.5 Å². The number of benzene rings is 1. The summed E-state index contributed by atoms with van der Waals surface area (Å²) < 4.78 is 102. The molecule has 2 rings (SSSR count). The van der Waals surface area contributed by atoms with Gasteiger partial charge in [-0.3, -0.25) is 18.7 Å². The van der Waals surface area contributed by atoms with Crippen LogP contribution in [0.4, 0.5) is 0 Å². The lowest BCUT2D eigenvalue weighted by atomic mass is 9.95. The summed E-state index contributed by atoms with van der Waals surface area (Å²) in [6.45, 7) is 6.23. The third-order valence-corrected chi connectivity index (χ3v) is 13.3. The zero-order chi connectivity index (χ0) is 47.3. The molecule has 1 aliphatic rings. The molecule has 1 amide bonds. The highest BCUT2D eigenvalue weighted by Crippen LogP contribution is 2.37. The number of ether oxygens (including phenoxy) is 5. The quantitative estimate of drug-likeness (QED) is 0.0275. The molecule has 64 heavy (non-hydrogen) atoms. The van der Waals surface area contributed by atoms with Gasteiger partial charge < -0.3 is 34.1 Å². The third-order valence-electron chi connectivity index (χ3n) is 11.5. The minimum atomic E-state index is -5.71. The Morgan fingerprint density at radius 2 is 1.17 bits per heavy atom. The van der Waals surface area contributed by atoms with Crippen LogP contribution in [0.15, 0.2) is 18.2 Å². The molecular formula is C46H81NO15S2. The van der Waals surface area contributed by atoms with Gasteiger partial charge in [0.2, 0.25) is 5.91 Å². The number of hydrogen-bond acceptors (Lipinski definition) is 13. The number of carbonyl (C=O) groups excluding carboxylic acids is 2. The van der Waals surface area contributed by atoms with Crippen molar-refractivity contribution >= 4 is 32.4 Å². The fraction of sp³-hybridized carbons (Fsp3) is 0.826. The van der Waals surface area contributed by atoms with Gasteiger partial charge in [0, 0.05) is 20.0 Å². The number of aliphatic hydroxyl groups is 1. The summed E-state index contributed by atoms with van der Waals surface area (Å²) in [5.41, 5.74) is 0.731. The Balaban J connectivity index is 2.22. The van der Waals surface area contributed by atoms with E-state index in [1.807, 2.05) is 18.2 Å². The lowest BCUT2D eigenvalue weighted by molar-refractivity contribution is -0.278. The van der Waals surface area contributed by atoms with Gasteiger partial charge in [-0.15, -0.1) is 0 Å². The van der Waals surface area contributed by atoms with Gasteiger partial charge in [-0.1, -0.05) is 155 Å². The Kier molecular flexibility index (Phi) is 28.9. The zero-order valence-corrected chi connectivity index (χ0v) is 40.7. The number of unbranched alkanes of at least 4 members (excludes halogenated alkanes) is 20. The van der Waals surface area contributed by atoms with Crippen molar-refractivity contribution in [3.8, 4) is 11.5 Å². The van der Waals surface area contributed by atoms with E-state index in [0.29, 0.717) is 37.6 Å². The van der Waals surface area contributed by atoms with Gasteiger partial charge in [0.15, 0.2) is 23.9 Å². The van der Waals surface area contributed by atoms with E-state index in [1.54, 1.807) is 0 Å². The molecule has 1 aromatic rings. The van der Waals surface area contributed by atoms with Crippen LogP contribution in [0.2, 0.25) is 0 Å². The molecule has 0 bridgehead atoms. The van der Waals surface area contributed by atoms with Gasteiger partial charge in [-0.05, 0) is 43.4 Å². The number of nitrogens with one attached hydrogen (secondary N) is 1. The number of rotatable bonds is 38. The van der Waals surface area contributed by atoms with Crippen molar-refractivity contribution in [3.05, 3.63) is 23.8 Å². The molecule has 1 saturated heterocycles. The molecule has 1 heterocycles. The first-order valence-corrected chi connectivity index (χ1v) is 26.8. The molecule has 5 atom stereocenters. The van der Waals surface area contributed by atoms with Gasteiger partial charge in [-0.2, -0.15) is 16.8 Å². The SMILES string of the molecule is CCCCCCCCCCCCCC(=O)O[C@@H]1[C@@H](NC(=O)CCc2ccc(OCCCCCCCC)c(OCCCCCCCC)c2)[C@@H](OC)O[C@H](COS(=O)(=O)O)[C@]1(O)S(=O)(=O)O. The molecule has 4 N–H and O–H groups in total. The number of methoxy groups -OCH3 is 1. The second-order valence-electron chi connectivity index (χ2n) is 17.0. The van der Waals surface area contributed by atoms with Gasteiger partial charge in [0.25, 0.3) is 4.93 Å². The maximum absolute atomic E-state index is 13.7. The number of hydrogen-bond donors (Lipinski definition) is 4. The predicted molar refractivity (Wildman–Crippen MR) is 245 cm³/mol. The highest BCUT2D eigenvalue weighted by Gasteiger charge is 2.66. The average Bonchev–Trinajstić information content (AvgIpc) is 3.24. The Labute approximate surface area is 384 Å². The summed E-state index contributed by atoms with van der Waals surface area (Å²) in [5, 5.41) is 14.3. The van der Waals surface area contributed by atoms with Crippen LogP contribution in [-0.4, -0.2) is 99.3 Å². The molecule has 0 unspecified atom stereocenters. The molecule has 0 saturated carbocycles. The number of aryl methyl sites for hydroxylation is 1. The zero-order valence-electron chi connectivity index (χ0n) is 39.1. The Bertz CT molecular complexity index is 1660. The maximum atomic E-state index is 13.7. The van der Waals surface area contributed by atoms with Crippen LogP contribution >= 0.6 is 0 Å². The standard InChI is InChI=1S/C46H81NO15S2/c1-5-8-11-14-17-18-19-20-21-22-25-28-42(49)62-44-43(45(57-4)61-40(36-60-64(54,55)56)46(44,50)63(51,52)53)47-41(48)32-30-37-29-31-38(58-33-26-23-15-12-9-6-2)39(35-37)59-34-27-24-16-13-10-7-3/h29,31,35,40,43-45,50H,5-28,30,32-34,36H2,1-4H3,(H,47,48)(H,51,52,53)(H,54,55,56)/t40-,43-,44-,45+,46+/m1/s1. The Morgan fingerprint density at radius 1 is 0.688 bits per heavy atom. The van der Waals surface area contributed by atoms with E-state index >= 15 is 0 Å². The molecule has 18 heteroatoms. The maximum Gasteiger partial charge on any atom is 0.397 e. The summed E-state index contributed by atoms with van der Waals surface area (Å²) in [4.78, 5) is 23.4. The third kappa shape index (κ3) is 22.3. The van der Waals surface area contributed by atoms with Crippen molar-refractivity contribution in [2.75, 3.05) is 26.9 Å². The van der Waals surface area contributed by atoms with E-state index < -0.39 is 68.5 Å². The lowest BCUT2D eigenvalue weighted by Gasteiger charge is -2.48. The van der Waals surface area contributed by atoms with E-state index in [1.165, 1.54) is 64.2 Å². The Hall–Kier alpha value is -2.58. The summed E-state index contributed by atoms with van der Waals surface area (Å²) in [6, 6.07) is 3.71. The van der Waals surface area contributed by atoms with E-state index in [2.05, 4.69) is 30.3 Å². The van der Waals surface area contributed by atoms with Crippen molar-refractivity contribution in [1.29, 1.82) is 0 Å². The number of amides is 1. The summed E-state index contributed by atoms with van der Waals surface area (Å²) in [7, 11) is -9.80. The summed E-state index contributed by atoms with van der Waals surface area (Å²) in [6.07, 6.45) is 18.0. The predicted octanol–water partition coefficient (Wildman–Crippen LogP) is 8.96. The summed E-state index contributed by atoms with van der Waals surface area (Å²) >= 11 is 0. The van der Waals surface area contributed by atoms with Gasteiger partial charge in [0.05, 0.1) is 19.8 Å². The van der Waals surface area contributed by atoms with Crippen LogP contribution in [0.3, 0.4) is 0 Å². The summed E-state index contributed by atoms with van der Waals surface area (Å²) in [5.74, 6) is -0.491. The molecule has 1 fully saturated rings. The van der Waals surface area contributed by atoms with Crippen molar-refractivity contribution in [2.45, 2.75) is 217 Å².